The minimum Gasteiger partial charge on any atom is -0.484 e. The number of thiocarbonyl (C=S) groups is 1. The van der Waals surface area contributed by atoms with Crippen molar-refractivity contribution in [1.82, 2.24) is 0 Å². The van der Waals surface area contributed by atoms with Crippen LogP contribution in [0.3, 0.4) is 0 Å². The lowest BCUT2D eigenvalue weighted by Gasteiger charge is -2.13. The Balaban J connectivity index is 1.37. The van der Waals surface area contributed by atoms with Crippen LogP contribution in [0.25, 0.3) is 6.08 Å². The predicted octanol–water partition coefficient (Wildman–Crippen LogP) is 5.33. The van der Waals surface area contributed by atoms with Gasteiger partial charge in [0.25, 0.3) is 17.5 Å². The number of anilines is 2. The molecule has 0 atom stereocenters. The van der Waals surface area contributed by atoms with E-state index in [9.17, 15) is 19.7 Å². The predicted molar refractivity (Wildman–Crippen MR) is 140 cm³/mol. The van der Waals surface area contributed by atoms with Crippen molar-refractivity contribution in [1.29, 1.82) is 0 Å². The molecule has 176 valence electrons. The Morgan fingerprint density at radius 2 is 1.74 bits per heavy atom. The molecule has 1 heterocycles. The summed E-state index contributed by atoms with van der Waals surface area (Å²) in [6, 6.07) is 20.1. The Bertz CT molecular complexity index is 1320. The van der Waals surface area contributed by atoms with Crippen LogP contribution in [0.5, 0.6) is 5.75 Å². The molecule has 1 fully saturated rings. The summed E-state index contributed by atoms with van der Waals surface area (Å²) < 4.78 is 5.89. The highest BCUT2D eigenvalue weighted by Crippen LogP contribution is 2.36. The van der Waals surface area contributed by atoms with E-state index in [1.807, 2.05) is 31.2 Å². The van der Waals surface area contributed by atoms with Gasteiger partial charge in [-0.2, -0.15) is 0 Å². The highest BCUT2D eigenvalue weighted by atomic mass is 32.2. The quantitative estimate of drug-likeness (QED) is 0.200. The summed E-state index contributed by atoms with van der Waals surface area (Å²) in [5.41, 5.74) is 2.96. The van der Waals surface area contributed by atoms with Crippen LogP contribution in [0.2, 0.25) is 0 Å². The fourth-order valence-corrected chi connectivity index (χ4v) is 4.51. The molecule has 3 aromatic rings. The van der Waals surface area contributed by atoms with Gasteiger partial charge in [-0.1, -0.05) is 53.8 Å². The molecule has 35 heavy (non-hydrogen) atoms. The summed E-state index contributed by atoms with van der Waals surface area (Å²) in [4.78, 5) is 37.1. The molecule has 0 unspecified atom stereocenters. The monoisotopic (exact) mass is 505 g/mol. The van der Waals surface area contributed by atoms with Crippen molar-refractivity contribution < 1.29 is 19.2 Å². The smallest absolute Gasteiger partial charge is 0.270 e. The van der Waals surface area contributed by atoms with Crippen LogP contribution in [-0.2, 0) is 9.59 Å². The van der Waals surface area contributed by atoms with Crippen molar-refractivity contribution in [3.8, 4) is 5.75 Å². The maximum atomic E-state index is 12.9. The van der Waals surface area contributed by atoms with Crippen molar-refractivity contribution in [2.24, 2.45) is 0 Å². The highest BCUT2D eigenvalue weighted by molar-refractivity contribution is 8.27. The van der Waals surface area contributed by atoms with Crippen LogP contribution >= 0.6 is 24.0 Å². The summed E-state index contributed by atoms with van der Waals surface area (Å²) in [7, 11) is 0. The topological polar surface area (TPSA) is 102 Å². The lowest BCUT2D eigenvalue weighted by atomic mass is 10.2. The van der Waals surface area contributed by atoms with Crippen LogP contribution in [0.4, 0.5) is 17.1 Å². The SMILES string of the molecule is Cc1ccc(NC(=O)COc2ccc(/C=C3\SC(=S)N(c4ccc([N+](=O)[O-])cc4)C3=O)cc2)cc1. The lowest BCUT2D eigenvalue weighted by molar-refractivity contribution is -0.384. The molecule has 3 aromatic carbocycles. The number of ether oxygens (including phenoxy) is 1. The number of benzene rings is 3. The Labute approximate surface area is 210 Å². The maximum Gasteiger partial charge on any atom is 0.270 e. The number of nitrogens with one attached hydrogen (secondary N) is 1. The van der Waals surface area contributed by atoms with Gasteiger partial charge >= 0.3 is 0 Å². The molecule has 1 aliphatic rings. The first kappa shape index (κ1) is 24.1. The number of thioether (sulfide) groups is 1. The molecule has 1 N–H and O–H groups in total. The van der Waals surface area contributed by atoms with E-state index < -0.39 is 4.92 Å². The van der Waals surface area contributed by atoms with E-state index in [2.05, 4.69) is 5.32 Å². The van der Waals surface area contributed by atoms with Gasteiger partial charge in [0.1, 0.15) is 5.75 Å². The average molecular weight is 506 g/mol. The molecule has 0 aromatic heterocycles. The number of hydrogen-bond acceptors (Lipinski definition) is 7. The fraction of sp³-hybridized carbons (Fsp3) is 0.0800. The zero-order chi connectivity index (χ0) is 24.9. The standard InChI is InChI=1S/C25H19N3O5S2/c1-16-2-6-18(7-3-16)26-23(29)15-33-21-12-4-17(5-13-21)14-22-24(30)27(25(34)35-22)19-8-10-20(11-9-19)28(31)32/h2-14H,15H2,1H3,(H,26,29)/b22-14-. The Morgan fingerprint density at radius 1 is 1.09 bits per heavy atom. The number of rotatable bonds is 7. The van der Waals surface area contributed by atoms with Crippen molar-refractivity contribution >= 4 is 63.3 Å². The largest absolute Gasteiger partial charge is 0.484 e. The first-order chi connectivity index (χ1) is 16.8. The molecule has 0 saturated carbocycles. The molecule has 10 heteroatoms. The molecule has 0 spiro atoms. The van der Waals surface area contributed by atoms with E-state index in [0.717, 1.165) is 22.9 Å². The van der Waals surface area contributed by atoms with Crippen LogP contribution in [0.15, 0.2) is 77.7 Å². The van der Waals surface area contributed by atoms with Gasteiger partial charge < -0.3 is 10.1 Å². The molecule has 4 rings (SSSR count). The highest BCUT2D eigenvalue weighted by Gasteiger charge is 2.33. The van der Waals surface area contributed by atoms with Gasteiger partial charge in [-0.25, -0.2) is 0 Å². The third-order valence-electron chi connectivity index (χ3n) is 5.00. The zero-order valence-electron chi connectivity index (χ0n) is 18.5. The third kappa shape index (κ3) is 5.92. The van der Waals surface area contributed by atoms with Gasteiger partial charge in [0, 0.05) is 17.8 Å². The van der Waals surface area contributed by atoms with Crippen LogP contribution < -0.4 is 15.0 Å². The maximum absolute atomic E-state index is 12.9. The van der Waals surface area contributed by atoms with Crippen molar-refractivity contribution in [3.05, 3.63) is 98.9 Å². The Hall–Kier alpha value is -4.02. The number of carbonyl (C=O) groups excluding carboxylic acids is 2. The molecule has 0 radical (unpaired) electrons. The molecule has 1 aliphatic heterocycles. The first-order valence-electron chi connectivity index (χ1n) is 10.4. The van der Waals surface area contributed by atoms with Crippen LogP contribution in [-0.4, -0.2) is 27.7 Å². The zero-order valence-corrected chi connectivity index (χ0v) is 20.1. The third-order valence-corrected chi connectivity index (χ3v) is 6.30. The van der Waals surface area contributed by atoms with E-state index in [0.29, 0.717) is 26.3 Å². The van der Waals surface area contributed by atoms with E-state index in [1.165, 1.54) is 29.2 Å². The Morgan fingerprint density at radius 3 is 2.37 bits per heavy atom. The van der Waals surface area contributed by atoms with Gasteiger partial charge in [0.2, 0.25) is 0 Å². The molecule has 1 saturated heterocycles. The summed E-state index contributed by atoms with van der Waals surface area (Å²) in [5, 5.41) is 13.6. The number of aryl methyl sites for hydroxylation is 1. The van der Waals surface area contributed by atoms with E-state index in [1.54, 1.807) is 30.3 Å². The van der Waals surface area contributed by atoms with Crippen molar-refractivity contribution in [3.63, 3.8) is 0 Å². The average Bonchev–Trinajstić information content (AvgIpc) is 3.12. The van der Waals surface area contributed by atoms with Gasteiger partial charge in [-0.3, -0.25) is 24.6 Å². The fourth-order valence-electron chi connectivity index (χ4n) is 3.21. The number of nitro benzene ring substituents is 1. The van der Waals surface area contributed by atoms with E-state index in [-0.39, 0.29) is 24.1 Å². The summed E-state index contributed by atoms with van der Waals surface area (Å²) in [6.07, 6.45) is 1.71. The normalized spacial score (nSPS) is 14.3. The van der Waals surface area contributed by atoms with Gasteiger partial charge in [0.05, 0.1) is 15.5 Å². The number of nitrogens with zero attached hydrogens (tertiary/aromatic N) is 2. The number of carbonyl (C=O) groups is 2. The van der Waals surface area contributed by atoms with Gasteiger partial charge in [-0.05, 0) is 55.0 Å². The number of amides is 2. The molecule has 2 amide bonds. The summed E-state index contributed by atoms with van der Waals surface area (Å²) >= 11 is 6.50. The van der Waals surface area contributed by atoms with E-state index >= 15 is 0 Å². The van der Waals surface area contributed by atoms with Gasteiger partial charge in [0.15, 0.2) is 10.9 Å². The molecular weight excluding hydrogens is 486 g/mol. The van der Waals surface area contributed by atoms with Crippen LogP contribution in [0, 0.1) is 17.0 Å². The summed E-state index contributed by atoms with van der Waals surface area (Å²) in [5.74, 6) is -0.0607. The van der Waals surface area contributed by atoms with E-state index in [4.69, 9.17) is 17.0 Å². The second-order valence-electron chi connectivity index (χ2n) is 7.56. The molecule has 0 aliphatic carbocycles. The second kappa shape index (κ2) is 10.5. The first-order valence-corrected chi connectivity index (χ1v) is 11.6. The number of nitro groups is 1. The van der Waals surface area contributed by atoms with Crippen molar-refractivity contribution in [2.45, 2.75) is 6.92 Å². The lowest BCUT2D eigenvalue weighted by Crippen LogP contribution is -2.27. The minimum absolute atomic E-state index is 0.0651. The molecule has 8 nitrogen and oxygen atoms in total. The Kier molecular flexibility index (Phi) is 7.23. The number of non-ortho nitro benzene ring substituents is 1. The van der Waals surface area contributed by atoms with Gasteiger partial charge in [-0.15, -0.1) is 0 Å². The molecule has 0 bridgehead atoms. The van der Waals surface area contributed by atoms with Crippen LogP contribution in [0.1, 0.15) is 11.1 Å². The molecular formula is C25H19N3O5S2. The second-order valence-corrected chi connectivity index (χ2v) is 9.24. The van der Waals surface area contributed by atoms with Crippen molar-refractivity contribution in [2.75, 3.05) is 16.8 Å². The summed E-state index contributed by atoms with van der Waals surface area (Å²) in [6.45, 7) is 1.83. The number of hydrogen-bond donors (Lipinski definition) is 1. The minimum atomic E-state index is -0.502.